The summed E-state index contributed by atoms with van der Waals surface area (Å²) >= 11 is 0. The van der Waals surface area contributed by atoms with Gasteiger partial charge in [-0.3, -0.25) is 4.79 Å². The minimum absolute atomic E-state index is 0.0478. The number of hydrogen-bond acceptors (Lipinski definition) is 3. The number of rotatable bonds is 0. The Hall–Kier alpha value is -2.16. The molecule has 0 atom stereocenters. The van der Waals surface area contributed by atoms with Crippen LogP contribution in [-0.2, 0) is 0 Å². The summed E-state index contributed by atoms with van der Waals surface area (Å²) in [6, 6.07) is 11.3. The van der Waals surface area contributed by atoms with Crippen LogP contribution in [0.1, 0.15) is 0 Å². The van der Waals surface area contributed by atoms with Crippen molar-refractivity contribution in [3.05, 3.63) is 52.8 Å². The molecule has 3 rings (SSSR count). The zero-order chi connectivity index (χ0) is 10.3. The maximum absolute atomic E-state index is 12.0. The van der Waals surface area contributed by atoms with Crippen molar-refractivity contribution in [2.24, 2.45) is 0 Å². The van der Waals surface area contributed by atoms with Gasteiger partial charge >= 0.3 is 0 Å². The van der Waals surface area contributed by atoms with E-state index in [0.717, 1.165) is 0 Å². The molecule has 3 heteroatoms. The highest BCUT2D eigenvalue weighted by atomic mass is 16.3. The molecule has 1 aromatic carbocycles. The third-order valence-electron chi connectivity index (χ3n) is 2.29. The Balaban J connectivity index is 2.66. The molecular formula is C12H6NO2. The van der Waals surface area contributed by atoms with Gasteiger partial charge in [0.2, 0.25) is 11.1 Å². The summed E-state index contributed by atoms with van der Waals surface area (Å²) in [5.41, 5.74) is 0.844. The monoisotopic (exact) mass is 196 g/mol. The lowest BCUT2D eigenvalue weighted by Crippen LogP contribution is -2.02. The molecule has 0 aliphatic carbocycles. The average molecular weight is 196 g/mol. The van der Waals surface area contributed by atoms with Crippen LogP contribution in [0.3, 0.4) is 0 Å². The van der Waals surface area contributed by atoms with Crippen LogP contribution in [0.15, 0.2) is 45.7 Å². The number of aromatic nitrogens is 1. The largest absolute Gasteiger partial charge is 0.437 e. The lowest BCUT2D eigenvalue weighted by molar-refractivity contribution is 0.645. The lowest BCUT2D eigenvalue weighted by atomic mass is 10.2. The van der Waals surface area contributed by atoms with E-state index in [1.807, 2.05) is 0 Å². The Kier molecular flexibility index (Phi) is 1.59. The van der Waals surface area contributed by atoms with E-state index in [-0.39, 0.29) is 5.43 Å². The number of nitrogens with zero attached hydrogens (tertiary/aromatic N) is 1. The summed E-state index contributed by atoms with van der Waals surface area (Å²) in [4.78, 5) is 16.0. The molecule has 0 bridgehead atoms. The molecule has 15 heavy (non-hydrogen) atoms. The Morgan fingerprint density at radius 1 is 1.27 bits per heavy atom. The van der Waals surface area contributed by atoms with E-state index in [0.29, 0.717) is 22.1 Å². The van der Waals surface area contributed by atoms with Crippen LogP contribution in [0, 0.1) is 6.07 Å². The molecule has 0 saturated carbocycles. The molecule has 0 unspecified atom stereocenters. The third-order valence-corrected chi connectivity index (χ3v) is 2.29. The molecule has 71 valence electrons. The van der Waals surface area contributed by atoms with Crippen molar-refractivity contribution in [1.82, 2.24) is 4.98 Å². The second-order valence-electron chi connectivity index (χ2n) is 3.21. The SMILES string of the molecule is O=c1c2cc[c]cc2oc2ncccc12. The minimum Gasteiger partial charge on any atom is -0.437 e. The van der Waals surface area contributed by atoms with Crippen molar-refractivity contribution in [3.63, 3.8) is 0 Å². The summed E-state index contributed by atoms with van der Waals surface area (Å²) in [7, 11) is 0. The van der Waals surface area contributed by atoms with Crippen LogP contribution >= 0.6 is 0 Å². The maximum atomic E-state index is 12.0. The van der Waals surface area contributed by atoms with Gasteiger partial charge in [-0.05, 0) is 30.3 Å². The summed E-state index contributed by atoms with van der Waals surface area (Å²) in [6.45, 7) is 0. The first-order valence-corrected chi connectivity index (χ1v) is 4.54. The summed E-state index contributed by atoms with van der Waals surface area (Å²) in [5.74, 6) is 0. The molecule has 0 spiro atoms. The fraction of sp³-hybridized carbons (Fsp3) is 0. The van der Waals surface area contributed by atoms with Crippen molar-refractivity contribution in [1.29, 1.82) is 0 Å². The topological polar surface area (TPSA) is 43.1 Å². The van der Waals surface area contributed by atoms with Crippen LogP contribution in [0.2, 0.25) is 0 Å². The minimum atomic E-state index is -0.0478. The first-order chi connectivity index (χ1) is 7.36. The van der Waals surface area contributed by atoms with Gasteiger partial charge in [-0.25, -0.2) is 4.98 Å². The molecule has 2 heterocycles. The molecule has 0 N–H and O–H groups in total. The molecule has 3 aromatic rings. The van der Waals surface area contributed by atoms with Gasteiger partial charge in [0.15, 0.2) is 0 Å². The van der Waals surface area contributed by atoms with Gasteiger partial charge in [-0.2, -0.15) is 0 Å². The summed E-state index contributed by atoms with van der Waals surface area (Å²) < 4.78 is 5.48. The second-order valence-corrected chi connectivity index (χ2v) is 3.21. The quantitative estimate of drug-likeness (QED) is 0.517. The Morgan fingerprint density at radius 3 is 3.13 bits per heavy atom. The zero-order valence-corrected chi connectivity index (χ0v) is 7.73. The van der Waals surface area contributed by atoms with E-state index >= 15 is 0 Å². The van der Waals surface area contributed by atoms with Crippen molar-refractivity contribution in [2.75, 3.05) is 0 Å². The maximum Gasteiger partial charge on any atom is 0.230 e. The summed E-state index contributed by atoms with van der Waals surface area (Å²) in [5, 5.41) is 1.07. The van der Waals surface area contributed by atoms with Crippen molar-refractivity contribution in [2.45, 2.75) is 0 Å². The molecule has 0 aliphatic heterocycles. The van der Waals surface area contributed by atoms with Gasteiger partial charge in [0, 0.05) is 6.20 Å². The van der Waals surface area contributed by atoms with E-state index in [1.165, 1.54) is 0 Å². The zero-order valence-electron chi connectivity index (χ0n) is 7.73. The third kappa shape index (κ3) is 1.13. The number of benzene rings is 1. The predicted molar refractivity (Wildman–Crippen MR) is 56.6 cm³/mol. The highest BCUT2D eigenvalue weighted by Crippen LogP contribution is 2.15. The van der Waals surface area contributed by atoms with Crippen molar-refractivity contribution < 1.29 is 4.42 Å². The Morgan fingerprint density at radius 2 is 2.20 bits per heavy atom. The first kappa shape index (κ1) is 8.17. The van der Waals surface area contributed by atoms with Crippen LogP contribution in [-0.4, -0.2) is 4.98 Å². The standard InChI is InChI=1S/C12H6NO2/c14-11-8-4-1-2-6-10(8)15-12-9(11)5-3-7-13-12/h1,3-7H. The molecule has 0 fully saturated rings. The fourth-order valence-electron chi connectivity index (χ4n) is 1.58. The molecule has 1 radical (unpaired) electrons. The molecule has 0 aliphatic rings. The van der Waals surface area contributed by atoms with Gasteiger partial charge in [0.25, 0.3) is 0 Å². The van der Waals surface area contributed by atoms with E-state index in [4.69, 9.17) is 4.42 Å². The van der Waals surface area contributed by atoms with Crippen LogP contribution in [0.4, 0.5) is 0 Å². The van der Waals surface area contributed by atoms with Gasteiger partial charge in [-0.15, -0.1) is 0 Å². The molecule has 2 aromatic heterocycles. The normalized spacial score (nSPS) is 10.9. The van der Waals surface area contributed by atoms with E-state index in [9.17, 15) is 4.79 Å². The van der Waals surface area contributed by atoms with Crippen LogP contribution < -0.4 is 5.43 Å². The highest BCUT2D eigenvalue weighted by molar-refractivity contribution is 5.87. The molecule has 3 nitrogen and oxygen atoms in total. The van der Waals surface area contributed by atoms with Crippen molar-refractivity contribution in [3.8, 4) is 0 Å². The molecule has 0 amide bonds. The molecular weight excluding hydrogens is 190 g/mol. The smallest absolute Gasteiger partial charge is 0.230 e. The Bertz CT molecular complexity index is 643. The Labute approximate surface area is 85.0 Å². The van der Waals surface area contributed by atoms with E-state index in [2.05, 4.69) is 11.1 Å². The predicted octanol–water partition coefficient (Wildman–Crippen LogP) is 2.14. The van der Waals surface area contributed by atoms with Gasteiger partial charge in [0.1, 0.15) is 5.58 Å². The number of fused-ring (bicyclic) bond motifs is 2. The van der Waals surface area contributed by atoms with Gasteiger partial charge in [0.05, 0.1) is 10.8 Å². The van der Waals surface area contributed by atoms with Crippen molar-refractivity contribution >= 4 is 22.1 Å². The number of hydrogen-bond donors (Lipinski definition) is 0. The van der Waals surface area contributed by atoms with Gasteiger partial charge in [-0.1, -0.05) is 6.07 Å². The number of pyridine rings is 1. The molecule has 0 saturated heterocycles. The highest BCUT2D eigenvalue weighted by Gasteiger charge is 2.06. The average Bonchev–Trinajstić information content (AvgIpc) is 2.30. The lowest BCUT2D eigenvalue weighted by Gasteiger charge is -1.98. The summed E-state index contributed by atoms with van der Waals surface area (Å²) in [6.07, 6.45) is 1.60. The van der Waals surface area contributed by atoms with E-state index in [1.54, 1.807) is 36.5 Å². The van der Waals surface area contributed by atoms with Crippen LogP contribution in [0.5, 0.6) is 0 Å². The fourth-order valence-corrected chi connectivity index (χ4v) is 1.58. The van der Waals surface area contributed by atoms with E-state index < -0.39 is 0 Å². The first-order valence-electron chi connectivity index (χ1n) is 4.54. The van der Waals surface area contributed by atoms with Gasteiger partial charge < -0.3 is 4.42 Å². The van der Waals surface area contributed by atoms with Crippen LogP contribution in [0.25, 0.3) is 22.1 Å². The second kappa shape index (κ2) is 2.92.